The van der Waals surface area contributed by atoms with E-state index < -0.39 is 0 Å². The van der Waals surface area contributed by atoms with Crippen molar-refractivity contribution in [3.63, 3.8) is 0 Å². The third-order valence-corrected chi connectivity index (χ3v) is 2.57. The van der Waals surface area contributed by atoms with Gasteiger partial charge in [-0.2, -0.15) is 0 Å². The summed E-state index contributed by atoms with van der Waals surface area (Å²) in [7, 11) is 0. The average molecular weight is 251 g/mol. The van der Waals surface area contributed by atoms with Gasteiger partial charge in [0.1, 0.15) is 11.5 Å². The first-order valence-electron chi connectivity index (χ1n) is 6.40. The number of hydrogen-bond acceptors (Lipinski definition) is 2. The van der Waals surface area contributed by atoms with Crippen molar-refractivity contribution in [2.24, 2.45) is 5.73 Å². The minimum atomic E-state index is 0.693. The fraction of sp³-hybridized carbons (Fsp3) is 0.176. The van der Waals surface area contributed by atoms with E-state index >= 15 is 0 Å². The van der Waals surface area contributed by atoms with Crippen molar-refractivity contribution in [1.29, 1.82) is 0 Å². The maximum absolute atomic E-state index is 5.71. The molecular formula is C17H17NO. The van der Waals surface area contributed by atoms with E-state index in [1.807, 2.05) is 54.6 Å². The maximum Gasteiger partial charge on any atom is 0.127 e. The third-order valence-electron chi connectivity index (χ3n) is 2.57. The predicted molar refractivity (Wildman–Crippen MR) is 78.1 cm³/mol. The molecule has 96 valence electrons. The molecule has 0 aromatic heterocycles. The molecule has 0 saturated carbocycles. The Bertz CT molecular complexity index is 549. The molecule has 2 rings (SSSR count). The number of rotatable bonds is 4. The van der Waals surface area contributed by atoms with E-state index in [1.54, 1.807) is 0 Å². The van der Waals surface area contributed by atoms with E-state index in [0.29, 0.717) is 6.54 Å². The maximum atomic E-state index is 5.71. The first-order valence-corrected chi connectivity index (χ1v) is 6.40. The second-order valence-corrected chi connectivity index (χ2v) is 4.13. The van der Waals surface area contributed by atoms with Gasteiger partial charge in [0.05, 0.1) is 0 Å². The Morgan fingerprint density at radius 1 is 0.895 bits per heavy atom. The summed E-state index contributed by atoms with van der Waals surface area (Å²) in [4.78, 5) is 0. The first kappa shape index (κ1) is 13.2. The minimum Gasteiger partial charge on any atom is -0.457 e. The van der Waals surface area contributed by atoms with Crippen molar-refractivity contribution in [2.45, 2.75) is 12.8 Å². The Morgan fingerprint density at radius 2 is 1.58 bits per heavy atom. The Hall–Kier alpha value is -2.24. The van der Waals surface area contributed by atoms with Crippen molar-refractivity contribution >= 4 is 0 Å². The van der Waals surface area contributed by atoms with Gasteiger partial charge in [-0.05, 0) is 49.4 Å². The lowest BCUT2D eigenvalue weighted by molar-refractivity contribution is 0.482. The molecule has 0 atom stereocenters. The Morgan fingerprint density at radius 3 is 2.26 bits per heavy atom. The first-order chi connectivity index (χ1) is 9.38. The molecule has 2 heteroatoms. The average Bonchev–Trinajstić information content (AvgIpc) is 2.46. The van der Waals surface area contributed by atoms with Crippen LogP contribution in [0.2, 0.25) is 0 Å². The Kier molecular flexibility index (Phi) is 5.04. The van der Waals surface area contributed by atoms with Crippen molar-refractivity contribution in [2.75, 3.05) is 6.54 Å². The van der Waals surface area contributed by atoms with Gasteiger partial charge < -0.3 is 10.5 Å². The lowest BCUT2D eigenvalue weighted by Gasteiger charge is -2.04. The van der Waals surface area contributed by atoms with Crippen LogP contribution in [-0.4, -0.2) is 6.54 Å². The third kappa shape index (κ3) is 4.50. The zero-order chi connectivity index (χ0) is 13.3. The van der Waals surface area contributed by atoms with E-state index in [0.717, 1.165) is 29.9 Å². The van der Waals surface area contributed by atoms with Crippen LogP contribution in [0.25, 0.3) is 0 Å². The smallest absolute Gasteiger partial charge is 0.127 e. The highest BCUT2D eigenvalue weighted by atomic mass is 16.5. The van der Waals surface area contributed by atoms with Gasteiger partial charge in [-0.3, -0.25) is 0 Å². The van der Waals surface area contributed by atoms with Crippen molar-refractivity contribution in [1.82, 2.24) is 0 Å². The molecule has 0 unspecified atom stereocenters. The molecule has 2 aromatic carbocycles. The second kappa shape index (κ2) is 7.25. The predicted octanol–water partition coefficient (Wildman–Crippen LogP) is 3.57. The largest absolute Gasteiger partial charge is 0.457 e. The van der Waals surface area contributed by atoms with E-state index in [-0.39, 0.29) is 0 Å². The van der Waals surface area contributed by atoms with Gasteiger partial charge in [0.15, 0.2) is 0 Å². The van der Waals surface area contributed by atoms with Gasteiger partial charge in [0.25, 0.3) is 0 Å². The lowest BCUT2D eigenvalue weighted by Crippen LogP contribution is -1.96. The zero-order valence-corrected chi connectivity index (χ0v) is 10.8. The molecule has 2 N–H and O–H groups in total. The normalized spacial score (nSPS) is 9.53. The van der Waals surface area contributed by atoms with E-state index in [1.165, 1.54) is 0 Å². The molecule has 0 amide bonds. The molecule has 19 heavy (non-hydrogen) atoms. The van der Waals surface area contributed by atoms with Crippen LogP contribution >= 0.6 is 0 Å². The summed E-state index contributed by atoms with van der Waals surface area (Å²) in [6.45, 7) is 0.693. The Balaban J connectivity index is 1.96. The van der Waals surface area contributed by atoms with E-state index in [9.17, 15) is 0 Å². The number of nitrogens with two attached hydrogens (primary N) is 1. The zero-order valence-electron chi connectivity index (χ0n) is 10.8. The van der Waals surface area contributed by atoms with Crippen LogP contribution in [0.3, 0.4) is 0 Å². The quantitative estimate of drug-likeness (QED) is 0.666. The highest BCUT2D eigenvalue weighted by Crippen LogP contribution is 2.20. The van der Waals surface area contributed by atoms with Crippen molar-refractivity contribution < 1.29 is 4.74 Å². The fourth-order valence-corrected chi connectivity index (χ4v) is 1.59. The highest BCUT2D eigenvalue weighted by molar-refractivity contribution is 5.39. The monoisotopic (exact) mass is 251 g/mol. The second-order valence-electron chi connectivity index (χ2n) is 4.13. The molecule has 2 aromatic rings. The summed E-state index contributed by atoms with van der Waals surface area (Å²) < 4.78 is 5.71. The van der Waals surface area contributed by atoms with Crippen molar-refractivity contribution in [3.8, 4) is 23.3 Å². The van der Waals surface area contributed by atoms with Gasteiger partial charge in [-0.1, -0.05) is 30.0 Å². The molecule has 0 aliphatic rings. The fourth-order valence-electron chi connectivity index (χ4n) is 1.59. The van der Waals surface area contributed by atoms with Crippen LogP contribution in [0.1, 0.15) is 18.4 Å². The number of para-hydroxylation sites is 1. The molecule has 0 aliphatic carbocycles. The topological polar surface area (TPSA) is 35.2 Å². The van der Waals surface area contributed by atoms with Gasteiger partial charge in [0, 0.05) is 12.0 Å². The molecule has 0 aliphatic heterocycles. The summed E-state index contributed by atoms with van der Waals surface area (Å²) in [5.74, 6) is 7.87. The molecule has 2 nitrogen and oxygen atoms in total. The number of hydrogen-bond donors (Lipinski definition) is 1. The molecule has 0 spiro atoms. The van der Waals surface area contributed by atoms with Crippen LogP contribution < -0.4 is 10.5 Å². The summed E-state index contributed by atoms with van der Waals surface area (Å²) in [6.07, 6.45) is 1.79. The minimum absolute atomic E-state index is 0.693. The number of ether oxygens (including phenoxy) is 1. The number of unbranched alkanes of at least 4 members (excludes halogenated alkanes) is 1. The van der Waals surface area contributed by atoms with E-state index in [2.05, 4.69) is 11.8 Å². The highest BCUT2D eigenvalue weighted by Gasteiger charge is 1.95. The molecule has 0 heterocycles. The van der Waals surface area contributed by atoms with Crippen LogP contribution in [-0.2, 0) is 0 Å². The SMILES string of the molecule is NCCCC#Cc1ccc(Oc2ccccc2)cc1. The van der Waals surface area contributed by atoms with Gasteiger partial charge in [-0.15, -0.1) is 0 Å². The van der Waals surface area contributed by atoms with Crippen LogP contribution in [0.4, 0.5) is 0 Å². The van der Waals surface area contributed by atoms with Gasteiger partial charge in [0.2, 0.25) is 0 Å². The summed E-state index contributed by atoms with van der Waals surface area (Å²) in [5.41, 5.74) is 6.41. The van der Waals surface area contributed by atoms with E-state index in [4.69, 9.17) is 10.5 Å². The summed E-state index contributed by atoms with van der Waals surface area (Å²) >= 11 is 0. The standard InChI is InChI=1S/C17H17NO/c18-14-6-2-3-7-15-10-12-17(13-11-15)19-16-8-4-1-5-9-16/h1,4-5,8-13H,2,6,14,18H2. The van der Waals surface area contributed by atoms with Gasteiger partial charge >= 0.3 is 0 Å². The van der Waals surface area contributed by atoms with Crippen LogP contribution in [0.15, 0.2) is 54.6 Å². The van der Waals surface area contributed by atoms with Crippen molar-refractivity contribution in [3.05, 3.63) is 60.2 Å². The molecular weight excluding hydrogens is 234 g/mol. The molecule has 0 saturated heterocycles. The van der Waals surface area contributed by atoms with Crippen LogP contribution in [0.5, 0.6) is 11.5 Å². The van der Waals surface area contributed by atoms with Crippen LogP contribution in [0, 0.1) is 11.8 Å². The summed E-state index contributed by atoms with van der Waals surface area (Å²) in [6, 6.07) is 17.5. The lowest BCUT2D eigenvalue weighted by atomic mass is 10.2. The molecule has 0 fully saturated rings. The Labute approximate surface area is 114 Å². The van der Waals surface area contributed by atoms with Gasteiger partial charge in [-0.25, -0.2) is 0 Å². The molecule has 0 radical (unpaired) electrons. The number of benzene rings is 2. The summed E-state index contributed by atoms with van der Waals surface area (Å²) in [5, 5.41) is 0. The molecule has 0 bridgehead atoms.